The Balaban J connectivity index is 2.86. The van der Waals surface area contributed by atoms with E-state index in [2.05, 4.69) is 63.9 Å². The first kappa shape index (κ1) is 13.2. The van der Waals surface area contributed by atoms with Gasteiger partial charge in [0.05, 0.1) is 0 Å². The summed E-state index contributed by atoms with van der Waals surface area (Å²) in [6, 6.07) is 6.54. The molecule has 1 unspecified atom stereocenters. The van der Waals surface area contributed by atoms with Gasteiger partial charge in [-0.2, -0.15) is 0 Å². The van der Waals surface area contributed by atoms with Crippen LogP contribution in [0.1, 0.15) is 43.2 Å². The minimum Gasteiger partial charge on any atom is -0.0921 e. The second-order valence-electron chi connectivity index (χ2n) is 3.97. The Kier molecular flexibility index (Phi) is 5.91. The lowest BCUT2D eigenvalue weighted by atomic mass is 9.94. The molecule has 0 heterocycles. The Morgan fingerprint density at radius 3 is 2.67 bits per heavy atom. The molecule has 2 heteroatoms. The van der Waals surface area contributed by atoms with E-state index >= 15 is 0 Å². The zero-order chi connectivity index (χ0) is 11.3. The number of halogens is 2. The highest BCUT2D eigenvalue weighted by atomic mass is 79.9. The minimum absolute atomic E-state index is 0.638. The summed E-state index contributed by atoms with van der Waals surface area (Å²) in [6.07, 6.45) is 3.84. The predicted octanol–water partition coefficient (Wildman–Crippen LogP) is 5.43. The molecular weight excluding hydrogens is 316 g/mol. The SMILES string of the molecule is CCCCC(CBr)c1cccc(C)c1Br. The fraction of sp³-hybridized carbons (Fsp3) is 0.538. The quantitative estimate of drug-likeness (QED) is 0.630. The largest absolute Gasteiger partial charge is 0.0921 e. The highest BCUT2D eigenvalue weighted by Crippen LogP contribution is 2.32. The molecule has 0 aromatic heterocycles. The Bertz CT molecular complexity index is 307. The molecule has 0 fully saturated rings. The summed E-state index contributed by atoms with van der Waals surface area (Å²) in [5, 5.41) is 1.05. The molecule has 0 aliphatic rings. The van der Waals surface area contributed by atoms with Crippen molar-refractivity contribution < 1.29 is 0 Å². The normalized spacial score (nSPS) is 12.8. The molecule has 0 spiro atoms. The van der Waals surface area contributed by atoms with Crippen LogP contribution in [0.3, 0.4) is 0 Å². The smallest absolute Gasteiger partial charge is 0.0239 e. The van der Waals surface area contributed by atoms with Crippen LogP contribution in [0.4, 0.5) is 0 Å². The molecule has 0 bridgehead atoms. The summed E-state index contributed by atoms with van der Waals surface area (Å²) in [5.41, 5.74) is 2.77. The Labute approximate surface area is 110 Å². The van der Waals surface area contributed by atoms with Crippen molar-refractivity contribution in [2.75, 3.05) is 5.33 Å². The van der Waals surface area contributed by atoms with E-state index in [1.807, 2.05) is 0 Å². The summed E-state index contributed by atoms with van der Waals surface area (Å²) in [4.78, 5) is 0. The van der Waals surface area contributed by atoms with Gasteiger partial charge in [-0.3, -0.25) is 0 Å². The number of benzene rings is 1. The van der Waals surface area contributed by atoms with E-state index in [4.69, 9.17) is 0 Å². The van der Waals surface area contributed by atoms with Crippen molar-refractivity contribution in [1.29, 1.82) is 0 Å². The maximum absolute atomic E-state index is 3.69. The zero-order valence-corrected chi connectivity index (χ0v) is 12.6. The van der Waals surface area contributed by atoms with E-state index in [9.17, 15) is 0 Å². The first-order chi connectivity index (χ1) is 7.20. The summed E-state index contributed by atoms with van der Waals surface area (Å²) in [7, 11) is 0. The molecule has 0 radical (unpaired) electrons. The Morgan fingerprint density at radius 2 is 2.07 bits per heavy atom. The van der Waals surface area contributed by atoms with Crippen molar-refractivity contribution in [3.8, 4) is 0 Å². The third kappa shape index (κ3) is 3.60. The molecule has 0 nitrogen and oxygen atoms in total. The van der Waals surface area contributed by atoms with Gasteiger partial charge in [0.1, 0.15) is 0 Å². The maximum Gasteiger partial charge on any atom is 0.0239 e. The molecule has 1 rings (SSSR count). The third-order valence-electron chi connectivity index (χ3n) is 2.75. The highest BCUT2D eigenvalue weighted by molar-refractivity contribution is 9.10. The van der Waals surface area contributed by atoms with Crippen molar-refractivity contribution >= 4 is 31.9 Å². The van der Waals surface area contributed by atoms with Crippen molar-refractivity contribution in [1.82, 2.24) is 0 Å². The van der Waals surface area contributed by atoms with Gasteiger partial charge in [-0.05, 0) is 30.4 Å². The lowest BCUT2D eigenvalue weighted by Gasteiger charge is -2.17. The van der Waals surface area contributed by atoms with Crippen LogP contribution in [0.15, 0.2) is 22.7 Å². The molecule has 0 aliphatic carbocycles. The molecule has 0 aliphatic heterocycles. The van der Waals surface area contributed by atoms with Gasteiger partial charge in [-0.25, -0.2) is 0 Å². The second kappa shape index (κ2) is 6.70. The van der Waals surface area contributed by atoms with Crippen molar-refractivity contribution in [2.45, 2.75) is 39.0 Å². The maximum atomic E-state index is 3.69. The molecule has 0 N–H and O–H groups in total. The van der Waals surface area contributed by atoms with Gasteiger partial charge in [0, 0.05) is 9.80 Å². The number of alkyl halides is 1. The molecule has 15 heavy (non-hydrogen) atoms. The van der Waals surface area contributed by atoms with Gasteiger partial charge >= 0.3 is 0 Å². The minimum atomic E-state index is 0.638. The van der Waals surface area contributed by atoms with Crippen LogP contribution in [0.5, 0.6) is 0 Å². The summed E-state index contributed by atoms with van der Waals surface area (Å²) in [6.45, 7) is 4.40. The number of aryl methyl sites for hydroxylation is 1. The number of hydrogen-bond acceptors (Lipinski definition) is 0. The van der Waals surface area contributed by atoms with Gasteiger partial charge in [0.15, 0.2) is 0 Å². The topological polar surface area (TPSA) is 0 Å². The predicted molar refractivity (Wildman–Crippen MR) is 74.9 cm³/mol. The number of unbranched alkanes of at least 4 members (excludes halogenated alkanes) is 1. The van der Waals surface area contributed by atoms with Crippen LogP contribution >= 0.6 is 31.9 Å². The van der Waals surface area contributed by atoms with Gasteiger partial charge in [0.2, 0.25) is 0 Å². The van der Waals surface area contributed by atoms with Crippen LogP contribution in [0.25, 0.3) is 0 Å². The van der Waals surface area contributed by atoms with E-state index in [0.717, 1.165) is 5.33 Å². The van der Waals surface area contributed by atoms with Crippen LogP contribution < -0.4 is 0 Å². The molecule has 84 valence electrons. The zero-order valence-electron chi connectivity index (χ0n) is 9.39. The Morgan fingerprint density at radius 1 is 1.33 bits per heavy atom. The average molecular weight is 334 g/mol. The van der Waals surface area contributed by atoms with E-state index in [-0.39, 0.29) is 0 Å². The molecule has 1 aromatic rings. The average Bonchev–Trinajstić information content (AvgIpc) is 2.25. The number of hydrogen-bond donors (Lipinski definition) is 0. The van der Waals surface area contributed by atoms with E-state index in [1.54, 1.807) is 0 Å². The summed E-state index contributed by atoms with van der Waals surface area (Å²) < 4.78 is 1.28. The van der Waals surface area contributed by atoms with E-state index in [1.165, 1.54) is 34.9 Å². The van der Waals surface area contributed by atoms with Gasteiger partial charge in [0.25, 0.3) is 0 Å². The molecule has 0 saturated heterocycles. The van der Waals surface area contributed by atoms with Gasteiger partial charge in [-0.1, -0.05) is 69.8 Å². The second-order valence-corrected chi connectivity index (χ2v) is 5.41. The lowest BCUT2D eigenvalue weighted by Crippen LogP contribution is -2.02. The fourth-order valence-corrected chi connectivity index (χ4v) is 3.01. The first-order valence-electron chi connectivity index (χ1n) is 5.51. The van der Waals surface area contributed by atoms with Crippen LogP contribution in [0.2, 0.25) is 0 Å². The monoisotopic (exact) mass is 332 g/mol. The van der Waals surface area contributed by atoms with Crippen molar-refractivity contribution in [3.05, 3.63) is 33.8 Å². The fourth-order valence-electron chi connectivity index (χ4n) is 1.75. The van der Waals surface area contributed by atoms with E-state index < -0.39 is 0 Å². The molecular formula is C13H18Br2. The summed E-state index contributed by atoms with van der Waals surface area (Å²) in [5.74, 6) is 0.638. The summed E-state index contributed by atoms with van der Waals surface area (Å²) >= 11 is 7.31. The van der Waals surface area contributed by atoms with Crippen molar-refractivity contribution in [2.24, 2.45) is 0 Å². The molecule has 1 aromatic carbocycles. The van der Waals surface area contributed by atoms with E-state index in [0.29, 0.717) is 5.92 Å². The first-order valence-corrected chi connectivity index (χ1v) is 7.43. The molecule has 1 atom stereocenters. The molecule has 0 amide bonds. The third-order valence-corrected chi connectivity index (χ3v) is 4.62. The van der Waals surface area contributed by atoms with Gasteiger partial charge in [-0.15, -0.1) is 0 Å². The van der Waals surface area contributed by atoms with Crippen LogP contribution in [-0.4, -0.2) is 5.33 Å². The Hall–Kier alpha value is 0.180. The number of rotatable bonds is 5. The molecule has 0 saturated carbocycles. The van der Waals surface area contributed by atoms with Crippen molar-refractivity contribution in [3.63, 3.8) is 0 Å². The van der Waals surface area contributed by atoms with Gasteiger partial charge < -0.3 is 0 Å². The standard InChI is InChI=1S/C13H18Br2/c1-3-4-7-11(9-14)12-8-5-6-10(2)13(12)15/h5-6,8,11H,3-4,7,9H2,1-2H3. The van der Waals surface area contributed by atoms with Crippen LogP contribution in [-0.2, 0) is 0 Å². The lowest BCUT2D eigenvalue weighted by molar-refractivity contribution is 0.631. The van der Waals surface area contributed by atoms with Crippen LogP contribution in [0, 0.1) is 6.92 Å². The highest BCUT2D eigenvalue weighted by Gasteiger charge is 2.13.